The van der Waals surface area contributed by atoms with Gasteiger partial charge >= 0.3 is 12.1 Å². The second-order valence-electron chi connectivity index (χ2n) is 13.8. The SMILES string of the molecule is COc1ccc2nc3c(nc2c1)O[C@H]1CN(C(=O)[C@H](C(C)(C)C)NC(=O)O[C@@H]2C[C@H]2CCC/C=C/3)[C@H](C(=O)O)[C@@H]1Cc1ccccc1. The number of carbonyl (C=O) groups is 3. The van der Waals surface area contributed by atoms with E-state index in [2.05, 4.69) is 5.32 Å². The average Bonchev–Trinajstić information content (AvgIpc) is 3.67. The van der Waals surface area contributed by atoms with E-state index in [1.165, 1.54) is 4.90 Å². The highest BCUT2D eigenvalue weighted by molar-refractivity contribution is 5.91. The Balaban J connectivity index is 1.44. The van der Waals surface area contributed by atoms with Crippen molar-refractivity contribution in [1.82, 2.24) is 20.2 Å². The molecule has 3 heterocycles. The number of benzene rings is 2. The van der Waals surface area contributed by atoms with Gasteiger partial charge in [0.05, 0.1) is 24.7 Å². The highest BCUT2D eigenvalue weighted by atomic mass is 16.6. The molecule has 1 saturated heterocycles. The molecule has 2 aromatic carbocycles. The van der Waals surface area contributed by atoms with Crippen LogP contribution in [0.15, 0.2) is 54.6 Å². The predicted molar refractivity (Wildman–Crippen MR) is 175 cm³/mol. The molecule has 1 saturated carbocycles. The highest BCUT2D eigenvalue weighted by Crippen LogP contribution is 2.39. The number of hydrogen-bond acceptors (Lipinski definition) is 8. The van der Waals surface area contributed by atoms with Gasteiger partial charge < -0.3 is 29.5 Å². The maximum Gasteiger partial charge on any atom is 0.408 e. The zero-order valence-corrected chi connectivity index (χ0v) is 27.2. The van der Waals surface area contributed by atoms with Crippen molar-refractivity contribution in [2.45, 2.75) is 77.2 Å². The van der Waals surface area contributed by atoms with E-state index in [0.717, 1.165) is 31.2 Å². The number of hydrogen-bond donors (Lipinski definition) is 2. The fourth-order valence-electron chi connectivity index (χ4n) is 6.64. The minimum Gasteiger partial charge on any atom is -0.497 e. The first kappa shape index (κ1) is 32.3. The summed E-state index contributed by atoms with van der Waals surface area (Å²) in [6, 6.07) is 12.7. The van der Waals surface area contributed by atoms with Crippen molar-refractivity contribution in [3.05, 3.63) is 65.9 Å². The van der Waals surface area contributed by atoms with Crippen molar-refractivity contribution in [3.63, 3.8) is 0 Å². The molecule has 3 aliphatic rings. The normalized spacial score (nSPS) is 27.3. The molecule has 2 amide bonds. The quantitative estimate of drug-likeness (QED) is 0.390. The number of carboxylic acid groups (broad SMARTS) is 1. The number of ether oxygens (including phenoxy) is 3. The number of nitrogens with zero attached hydrogens (tertiary/aromatic N) is 3. The Morgan fingerprint density at radius 2 is 1.85 bits per heavy atom. The van der Waals surface area contributed by atoms with Crippen LogP contribution in [0.4, 0.5) is 4.79 Å². The van der Waals surface area contributed by atoms with Gasteiger partial charge in [-0.25, -0.2) is 19.6 Å². The van der Waals surface area contributed by atoms with E-state index in [1.54, 1.807) is 13.2 Å². The summed E-state index contributed by atoms with van der Waals surface area (Å²) in [5, 5.41) is 13.4. The monoisotopic (exact) mass is 642 g/mol. The molecular formula is C36H42N4O7. The number of nitrogens with one attached hydrogen (secondary N) is 1. The molecule has 1 aliphatic carbocycles. The van der Waals surface area contributed by atoms with Crippen LogP contribution in [0.2, 0.25) is 0 Å². The third kappa shape index (κ3) is 7.18. The Labute approximate surface area is 274 Å². The van der Waals surface area contributed by atoms with Crippen molar-refractivity contribution < 1.29 is 33.7 Å². The fourth-order valence-corrected chi connectivity index (χ4v) is 6.64. The van der Waals surface area contributed by atoms with Crippen molar-refractivity contribution >= 4 is 35.1 Å². The summed E-state index contributed by atoms with van der Waals surface area (Å²) in [5.41, 5.74) is 1.92. The Morgan fingerprint density at radius 1 is 1.06 bits per heavy atom. The summed E-state index contributed by atoms with van der Waals surface area (Å²) in [6.45, 7) is 5.48. The third-order valence-corrected chi connectivity index (χ3v) is 9.29. The number of alkyl carbamates (subject to hydrolysis) is 1. The molecule has 11 nitrogen and oxygen atoms in total. The largest absolute Gasteiger partial charge is 0.497 e. The number of aromatic nitrogens is 2. The van der Waals surface area contributed by atoms with Gasteiger partial charge in [-0.2, -0.15) is 0 Å². The molecule has 0 spiro atoms. The highest BCUT2D eigenvalue weighted by Gasteiger charge is 2.52. The first-order valence-electron chi connectivity index (χ1n) is 16.2. The van der Waals surface area contributed by atoms with Crippen LogP contribution >= 0.6 is 0 Å². The molecule has 0 unspecified atom stereocenters. The number of allylic oxidation sites excluding steroid dienone is 1. The third-order valence-electron chi connectivity index (χ3n) is 9.29. The van der Waals surface area contributed by atoms with Gasteiger partial charge in [0.25, 0.3) is 0 Å². The Hall–Kier alpha value is -4.67. The molecule has 248 valence electrons. The van der Waals surface area contributed by atoms with E-state index in [-0.39, 0.29) is 24.4 Å². The molecule has 11 heteroatoms. The minimum atomic E-state index is -1.22. The Kier molecular flexibility index (Phi) is 9.07. The van der Waals surface area contributed by atoms with Crippen LogP contribution in [0.3, 0.4) is 0 Å². The van der Waals surface area contributed by atoms with Gasteiger partial charge in [-0.1, -0.05) is 57.2 Å². The molecule has 2 fully saturated rings. The number of carboxylic acids is 1. The van der Waals surface area contributed by atoms with Gasteiger partial charge in [0.15, 0.2) is 0 Å². The molecular weight excluding hydrogens is 600 g/mol. The van der Waals surface area contributed by atoms with E-state index >= 15 is 0 Å². The standard InChI is InChI=1S/C36H42N4O7/c1-36(2,3)31-33(41)40-20-29(24(30(40)34(42)43)17-21-11-7-5-8-12-21)46-32-26(37-25-16-15-23(45-4)19-27(25)38-32)14-10-6-9-13-22-18-28(22)47-35(44)39-31/h5,7-8,10-12,14-16,19,22,24,28-31H,6,9,13,17-18,20H2,1-4H3,(H,39,44)(H,42,43)/b14-10+/t22-,24-,28-,29+,30+,31-/m1/s1. The van der Waals surface area contributed by atoms with Gasteiger partial charge in [-0.15, -0.1) is 0 Å². The average molecular weight is 643 g/mol. The minimum absolute atomic E-state index is 0.0255. The van der Waals surface area contributed by atoms with Crippen molar-refractivity contribution in [3.8, 4) is 11.6 Å². The molecule has 1 aromatic heterocycles. The van der Waals surface area contributed by atoms with Crippen molar-refractivity contribution in [2.75, 3.05) is 13.7 Å². The second-order valence-corrected chi connectivity index (χ2v) is 13.8. The first-order chi connectivity index (χ1) is 22.5. The summed E-state index contributed by atoms with van der Waals surface area (Å²) < 4.78 is 17.8. The van der Waals surface area contributed by atoms with Crippen LogP contribution in [-0.2, 0) is 20.7 Å². The molecule has 6 atom stereocenters. The lowest BCUT2D eigenvalue weighted by atomic mass is 9.85. The molecule has 2 aliphatic heterocycles. The smallest absolute Gasteiger partial charge is 0.408 e. The van der Waals surface area contributed by atoms with Crippen LogP contribution in [-0.4, -0.2) is 75.9 Å². The van der Waals surface area contributed by atoms with E-state index < -0.39 is 47.5 Å². The van der Waals surface area contributed by atoms with E-state index in [1.807, 2.05) is 75.4 Å². The lowest BCUT2D eigenvalue weighted by molar-refractivity contribution is -0.151. The Morgan fingerprint density at radius 3 is 2.57 bits per heavy atom. The molecule has 6 rings (SSSR count). The van der Waals surface area contributed by atoms with E-state index in [4.69, 9.17) is 24.2 Å². The lowest BCUT2D eigenvalue weighted by Crippen LogP contribution is -2.57. The van der Waals surface area contributed by atoms with Crippen molar-refractivity contribution in [2.24, 2.45) is 17.3 Å². The molecule has 3 aromatic rings. The maximum absolute atomic E-state index is 14.4. The number of carbonyl (C=O) groups excluding carboxylic acids is 2. The first-order valence-corrected chi connectivity index (χ1v) is 16.2. The zero-order valence-electron chi connectivity index (χ0n) is 27.2. The van der Waals surface area contributed by atoms with Gasteiger partial charge in [0.2, 0.25) is 11.8 Å². The maximum atomic E-state index is 14.4. The summed E-state index contributed by atoms with van der Waals surface area (Å²) in [4.78, 5) is 51.5. The lowest BCUT2D eigenvalue weighted by Gasteiger charge is -2.35. The Bertz CT molecular complexity index is 1670. The second kappa shape index (κ2) is 13.2. The van der Waals surface area contributed by atoms with Crippen LogP contribution in [0.1, 0.15) is 57.7 Å². The number of methoxy groups -OCH3 is 1. The number of rotatable bonds is 4. The van der Waals surface area contributed by atoms with Gasteiger partial charge in [0.1, 0.15) is 35.7 Å². The molecule has 2 N–H and O–H groups in total. The number of aliphatic carboxylic acids is 1. The summed E-state index contributed by atoms with van der Waals surface area (Å²) >= 11 is 0. The fraction of sp³-hybridized carbons (Fsp3) is 0.472. The van der Waals surface area contributed by atoms with E-state index in [0.29, 0.717) is 28.9 Å². The van der Waals surface area contributed by atoms with Crippen LogP contribution in [0, 0.1) is 17.3 Å². The van der Waals surface area contributed by atoms with Crippen LogP contribution in [0.25, 0.3) is 17.1 Å². The van der Waals surface area contributed by atoms with Crippen LogP contribution < -0.4 is 14.8 Å². The van der Waals surface area contributed by atoms with Crippen LogP contribution in [0.5, 0.6) is 11.6 Å². The molecule has 47 heavy (non-hydrogen) atoms. The molecule has 2 bridgehead atoms. The number of fused-ring (bicyclic) bond motifs is 5. The number of amides is 2. The predicted octanol–water partition coefficient (Wildman–Crippen LogP) is 5.27. The molecule has 0 radical (unpaired) electrons. The summed E-state index contributed by atoms with van der Waals surface area (Å²) in [5.74, 6) is -1.16. The van der Waals surface area contributed by atoms with Gasteiger partial charge in [-0.3, -0.25) is 4.79 Å². The summed E-state index contributed by atoms with van der Waals surface area (Å²) in [6.07, 6.45) is 6.00. The summed E-state index contributed by atoms with van der Waals surface area (Å²) in [7, 11) is 1.58. The zero-order chi connectivity index (χ0) is 33.3. The van der Waals surface area contributed by atoms with E-state index in [9.17, 15) is 19.5 Å². The van der Waals surface area contributed by atoms with Gasteiger partial charge in [0, 0.05) is 12.0 Å². The topological polar surface area (TPSA) is 140 Å². The van der Waals surface area contributed by atoms with Crippen molar-refractivity contribution in [1.29, 1.82) is 0 Å². The van der Waals surface area contributed by atoms with Gasteiger partial charge in [-0.05, 0) is 67.2 Å².